The highest BCUT2D eigenvalue weighted by molar-refractivity contribution is 5.96. The molecule has 4 aromatic rings. The smallest absolute Gasteiger partial charge is 0.341 e. The SMILES string of the molecule is Cl.N[C@@]1(C(=O)OCOC(=O)c2ccc3ccccc3c2)CC[C@H]2[C@H](C(=O)OCOC(=O)c3ccc4ccccc4c3)[C@H]21. The molecule has 10 heteroatoms. The molecule has 2 aliphatic carbocycles. The Balaban J connectivity index is 0.00000353. The highest BCUT2D eigenvalue weighted by Crippen LogP contribution is 2.62. The lowest BCUT2D eigenvalue weighted by Crippen LogP contribution is -2.51. The van der Waals surface area contributed by atoms with Gasteiger partial charge in [0.1, 0.15) is 5.54 Å². The van der Waals surface area contributed by atoms with Crippen LogP contribution < -0.4 is 5.73 Å². The molecule has 2 N–H and O–H groups in total. The summed E-state index contributed by atoms with van der Waals surface area (Å²) in [5, 5.41) is 3.74. The molecule has 0 aromatic heterocycles. The summed E-state index contributed by atoms with van der Waals surface area (Å²) in [6, 6.07) is 25.5. The van der Waals surface area contributed by atoms with Gasteiger partial charge in [-0.1, -0.05) is 60.7 Å². The lowest BCUT2D eigenvalue weighted by Gasteiger charge is -2.24. The third-order valence-electron chi connectivity index (χ3n) is 8.05. The Morgan fingerprint density at radius 1 is 0.690 bits per heavy atom. The van der Waals surface area contributed by atoms with Crippen molar-refractivity contribution in [1.82, 2.24) is 0 Å². The quantitative estimate of drug-likeness (QED) is 0.228. The first-order valence-corrected chi connectivity index (χ1v) is 13.3. The van der Waals surface area contributed by atoms with Crippen LogP contribution >= 0.6 is 12.4 Å². The van der Waals surface area contributed by atoms with Crippen molar-refractivity contribution in [3.63, 3.8) is 0 Å². The Kier molecular flexibility index (Phi) is 8.15. The predicted molar refractivity (Wildman–Crippen MR) is 155 cm³/mol. The Bertz CT molecular complexity index is 1690. The summed E-state index contributed by atoms with van der Waals surface area (Å²) < 4.78 is 20.6. The highest BCUT2D eigenvalue weighted by Gasteiger charge is 2.70. The molecule has 0 aliphatic heterocycles. The molecule has 0 saturated heterocycles. The molecule has 0 radical (unpaired) electrons. The van der Waals surface area contributed by atoms with Crippen LogP contribution in [0.4, 0.5) is 0 Å². The Morgan fingerprint density at radius 2 is 1.19 bits per heavy atom. The number of carbonyl (C=O) groups is 4. The van der Waals surface area contributed by atoms with Gasteiger partial charge in [-0.25, -0.2) is 14.4 Å². The monoisotopic (exact) mass is 589 g/mol. The van der Waals surface area contributed by atoms with Crippen LogP contribution in [0.25, 0.3) is 21.5 Å². The molecule has 2 aliphatic rings. The zero-order chi connectivity index (χ0) is 28.6. The van der Waals surface area contributed by atoms with Gasteiger partial charge in [0.15, 0.2) is 0 Å². The summed E-state index contributed by atoms with van der Waals surface area (Å²) >= 11 is 0. The minimum absolute atomic E-state index is 0. The predicted octanol–water partition coefficient (Wildman–Crippen LogP) is 4.78. The molecule has 0 unspecified atom stereocenters. The molecule has 4 aromatic carbocycles. The van der Waals surface area contributed by atoms with Crippen molar-refractivity contribution in [2.24, 2.45) is 23.5 Å². The van der Waals surface area contributed by atoms with E-state index < -0.39 is 54.8 Å². The highest BCUT2D eigenvalue weighted by atomic mass is 35.5. The second kappa shape index (κ2) is 11.8. The van der Waals surface area contributed by atoms with Crippen molar-refractivity contribution >= 4 is 57.8 Å². The van der Waals surface area contributed by atoms with E-state index >= 15 is 0 Å². The molecule has 216 valence electrons. The van der Waals surface area contributed by atoms with Crippen LogP contribution in [0, 0.1) is 17.8 Å². The van der Waals surface area contributed by atoms with E-state index in [4.69, 9.17) is 24.7 Å². The summed E-state index contributed by atoms with van der Waals surface area (Å²) in [6.07, 6.45) is 0.879. The number of hydrogen-bond donors (Lipinski definition) is 1. The van der Waals surface area contributed by atoms with E-state index in [1.54, 1.807) is 24.3 Å². The number of rotatable bonds is 8. The van der Waals surface area contributed by atoms with E-state index in [9.17, 15) is 19.2 Å². The molecule has 0 bridgehead atoms. The molecule has 9 nitrogen and oxygen atoms in total. The number of hydrogen-bond acceptors (Lipinski definition) is 9. The number of fused-ring (bicyclic) bond motifs is 3. The Morgan fingerprint density at radius 3 is 1.74 bits per heavy atom. The van der Waals surface area contributed by atoms with Gasteiger partial charge in [-0.2, -0.15) is 0 Å². The van der Waals surface area contributed by atoms with Gasteiger partial charge in [-0.3, -0.25) is 4.79 Å². The van der Waals surface area contributed by atoms with Crippen molar-refractivity contribution in [2.75, 3.05) is 13.6 Å². The number of esters is 4. The fraction of sp³-hybridized carbons (Fsp3) is 0.250. The van der Waals surface area contributed by atoms with Gasteiger partial charge in [-0.05, 0) is 64.6 Å². The van der Waals surface area contributed by atoms with Gasteiger partial charge in [0.25, 0.3) is 0 Å². The summed E-state index contributed by atoms with van der Waals surface area (Å²) in [5.41, 5.74) is 5.67. The molecule has 0 spiro atoms. The first kappa shape index (κ1) is 29.0. The van der Waals surface area contributed by atoms with Crippen molar-refractivity contribution < 1.29 is 38.1 Å². The second-order valence-electron chi connectivity index (χ2n) is 10.4. The van der Waals surface area contributed by atoms with Crippen LogP contribution in [-0.4, -0.2) is 43.0 Å². The maximum atomic E-state index is 12.9. The average molecular weight is 590 g/mol. The number of ether oxygens (including phenoxy) is 4. The van der Waals surface area contributed by atoms with Crippen LogP contribution in [0.2, 0.25) is 0 Å². The molecule has 0 amide bonds. The summed E-state index contributed by atoms with van der Waals surface area (Å²) in [6.45, 7) is -1.14. The van der Waals surface area contributed by atoms with E-state index in [0.717, 1.165) is 21.5 Å². The van der Waals surface area contributed by atoms with Crippen LogP contribution in [0.1, 0.15) is 33.6 Å². The van der Waals surface area contributed by atoms with Crippen LogP contribution in [0.3, 0.4) is 0 Å². The van der Waals surface area contributed by atoms with Crippen LogP contribution in [0.5, 0.6) is 0 Å². The molecule has 6 rings (SSSR count). The fourth-order valence-corrected chi connectivity index (χ4v) is 5.87. The molecule has 2 fully saturated rings. The number of carbonyl (C=O) groups excluding carboxylic acids is 4. The van der Waals surface area contributed by atoms with Gasteiger partial charge < -0.3 is 24.7 Å². The summed E-state index contributed by atoms with van der Waals surface area (Å²) in [7, 11) is 0. The lowest BCUT2D eigenvalue weighted by molar-refractivity contribution is -0.160. The first-order chi connectivity index (χ1) is 19.8. The third-order valence-corrected chi connectivity index (χ3v) is 8.05. The van der Waals surface area contributed by atoms with E-state index in [1.807, 2.05) is 60.7 Å². The zero-order valence-corrected chi connectivity index (χ0v) is 23.2. The standard InChI is InChI=1S/C32H27NO8.ClH/c33-32(31(37)41-18-39-29(35)24-12-10-20-6-2-4-8-22(20)16-24)14-13-25-26(27(25)32)30(36)40-17-38-28(34)23-11-9-19-5-1-3-7-21(19)15-23;/h1-12,15-16,25-27H,13-14,17-18,33H2;1H/t25-,26-,27-,32-;/m0./s1. The van der Waals surface area contributed by atoms with Crippen molar-refractivity contribution in [1.29, 1.82) is 0 Å². The normalized spacial score (nSPS) is 22.0. The van der Waals surface area contributed by atoms with Crippen molar-refractivity contribution in [3.05, 3.63) is 96.1 Å². The minimum atomic E-state index is -1.40. The molecule has 0 heterocycles. The fourth-order valence-electron chi connectivity index (χ4n) is 5.87. The van der Waals surface area contributed by atoms with Gasteiger partial charge in [-0.15, -0.1) is 12.4 Å². The second-order valence-corrected chi connectivity index (χ2v) is 10.4. The minimum Gasteiger partial charge on any atom is -0.428 e. The molecular formula is C32H28ClNO8. The van der Waals surface area contributed by atoms with Crippen molar-refractivity contribution in [3.8, 4) is 0 Å². The molecule has 42 heavy (non-hydrogen) atoms. The van der Waals surface area contributed by atoms with Gasteiger partial charge in [0.05, 0.1) is 17.0 Å². The maximum Gasteiger partial charge on any atom is 0.341 e. The van der Waals surface area contributed by atoms with Crippen LogP contribution in [-0.2, 0) is 28.5 Å². The van der Waals surface area contributed by atoms with Crippen LogP contribution in [0.15, 0.2) is 84.9 Å². The number of halogens is 1. The number of benzene rings is 4. The van der Waals surface area contributed by atoms with Gasteiger partial charge >= 0.3 is 23.9 Å². The van der Waals surface area contributed by atoms with E-state index in [1.165, 1.54) is 0 Å². The third kappa shape index (κ3) is 5.53. The van der Waals surface area contributed by atoms with Gasteiger partial charge in [0, 0.05) is 5.92 Å². The summed E-state index contributed by atoms with van der Waals surface area (Å²) in [4.78, 5) is 50.4. The number of nitrogens with two attached hydrogens (primary N) is 1. The topological polar surface area (TPSA) is 131 Å². The Hall–Kier alpha value is -4.47. The summed E-state index contributed by atoms with van der Waals surface area (Å²) in [5.74, 6) is -3.77. The maximum absolute atomic E-state index is 12.9. The lowest BCUT2D eigenvalue weighted by atomic mass is 9.91. The molecule has 2 saturated carbocycles. The van der Waals surface area contributed by atoms with Gasteiger partial charge in [0.2, 0.25) is 13.6 Å². The van der Waals surface area contributed by atoms with E-state index in [0.29, 0.717) is 24.0 Å². The van der Waals surface area contributed by atoms with E-state index in [2.05, 4.69) is 0 Å². The largest absolute Gasteiger partial charge is 0.428 e. The first-order valence-electron chi connectivity index (χ1n) is 13.3. The molecule has 4 atom stereocenters. The zero-order valence-electron chi connectivity index (χ0n) is 22.4. The molecular weight excluding hydrogens is 562 g/mol. The van der Waals surface area contributed by atoms with E-state index in [-0.39, 0.29) is 18.3 Å². The Labute approximate surface area is 247 Å². The van der Waals surface area contributed by atoms with Crippen molar-refractivity contribution in [2.45, 2.75) is 18.4 Å². The average Bonchev–Trinajstić information content (AvgIpc) is 3.64.